The second-order valence-corrected chi connectivity index (χ2v) is 17.3. The Morgan fingerprint density at radius 1 is 0.557 bits per heavy atom. The fraction of sp³-hybridized carbons (Fsp3) is 0.780. The van der Waals surface area contributed by atoms with Gasteiger partial charge in [-0.25, -0.2) is 4.79 Å². The Kier molecular flexibility index (Phi) is 25.5. The Hall–Kier alpha value is -5.01. The van der Waals surface area contributed by atoms with Gasteiger partial charge in [-0.15, -0.1) is 0 Å². The maximum atomic E-state index is 13.9. The van der Waals surface area contributed by atoms with E-state index in [0.717, 1.165) is 0 Å². The van der Waals surface area contributed by atoms with E-state index in [1.165, 1.54) is 0 Å². The number of carbonyl (C=O) groups excluding carboxylic acids is 7. The second kappa shape index (κ2) is 27.8. The van der Waals surface area contributed by atoms with E-state index < -0.39 is 114 Å². The lowest BCUT2D eigenvalue weighted by molar-refractivity contribution is -0.143. The fourth-order valence-electron chi connectivity index (χ4n) is 6.02. The summed E-state index contributed by atoms with van der Waals surface area (Å²) in [6, 6.07) is -7.63. The molecular weight excluding hydrogens is 791 g/mol. The molecule has 0 aliphatic heterocycles. The number of hydrogen-bond donors (Lipinski definition) is 11. The number of carboxylic acids is 1. The lowest BCUT2D eigenvalue weighted by Gasteiger charge is -2.30. The van der Waals surface area contributed by atoms with Crippen molar-refractivity contribution in [1.82, 2.24) is 37.2 Å². The first-order valence-electron chi connectivity index (χ1n) is 21.4. The van der Waals surface area contributed by atoms with Crippen LogP contribution in [-0.4, -0.2) is 114 Å². The third kappa shape index (κ3) is 20.4. The first-order chi connectivity index (χ1) is 28.3. The van der Waals surface area contributed by atoms with Gasteiger partial charge in [0.15, 0.2) is 5.96 Å². The zero-order valence-electron chi connectivity index (χ0n) is 38.3. The van der Waals surface area contributed by atoms with Crippen molar-refractivity contribution < 1.29 is 43.5 Å². The van der Waals surface area contributed by atoms with Gasteiger partial charge >= 0.3 is 5.97 Å². The topological polar surface area (TPSA) is 331 Å². The molecule has 7 amide bonds. The molecule has 0 aromatic rings. The highest BCUT2D eigenvalue weighted by Gasteiger charge is 2.36. The second-order valence-electron chi connectivity index (χ2n) is 17.3. The van der Waals surface area contributed by atoms with E-state index in [0.29, 0.717) is 12.8 Å². The van der Waals surface area contributed by atoms with Gasteiger partial charge in [-0.05, 0) is 54.8 Å². The van der Waals surface area contributed by atoms with Gasteiger partial charge in [-0.3, -0.25) is 38.6 Å². The third-order valence-electron chi connectivity index (χ3n) is 10.4. The molecule has 20 heteroatoms. The van der Waals surface area contributed by atoms with E-state index in [9.17, 15) is 43.5 Å². The van der Waals surface area contributed by atoms with Crippen LogP contribution in [0.15, 0.2) is 4.99 Å². The average molecular weight is 868 g/mol. The number of nitrogens with zero attached hydrogens (tertiary/aromatic N) is 1. The van der Waals surface area contributed by atoms with E-state index in [1.54, 1.807) is 62.3 Å². The summed E-state index contributed by atoms with van der Waals surface area (Å²) in [4.78, 5) is 110. The molecule has 0 saturated carbocycles. The number of guanidine groups is 1. The van der Waals surface area contributed by atoms with Gasteiger partial charge in [0.2, 0.25) is 41.4 Å². The summed E-state index contributed by atoms with van der Waals surface area (Å²) < 4.78 is 0. The molecule has 9 atom stereocenters. The molecule has 0 bridgehead atoms. The van der Waals surface area contributed by atoms with Crippen molar-refractivity contribution >= 4 is 53.3 Å². The smallest absolute Gasteiger partial charge is 0.326 e. The number of carbonyl (C=O) groups is 8. The summed E-state index contributed by atoms with van der Waals surface area (Å²) >= 11 is 0. The number of amides is 7. The molecule has 0 fully saturated rings. The van der Waals surface area contributed by atoms with Crippen LogP contribution in [0.5, 0.6) is 0 Å². The lowest BCUT2D eigenvalue weighted by atomic mass is 9.95. The maximum Gasteiger partial charge on any atom is 0.326 e. The van der Waals surface area contributed by atoms with Crippen molar-refractivity contribution in [2.45, 2.75) is 157 Å². The minimum Gasteiger partial charge on any atom is -0.480 e. The van der Waals surface area contributed by atoms with E-state index in [1.807, 2.05) is 20.8 Å². The van der Waals surface area contributed by atoms with Crippen LogP contribution in [0.2, 0.25) is 0 Å². The minimum absolute atomic E-state index is 0.0223. The first kappa shape index (κ1) is 56.0. The maximum absolute atomic E-state index is 13.9. The Bertz CT molecular complexity index is 1500. The molecule has 14 N–H and O–H groups in total. The molecule has 0 aliphatic rings. The summed E-state index contributed by atoms with van der Waals surface area (Å²) in [5.74, 6) is -7.88. The fourth-order valence-corrected chi connectivity index (χ4v) is 6.02. The van der Waals surface area contributed by atoms with Gasteiger partial charge in [0.25, 0.3) is 0 Å². The largest absolute Gasteiger partial charge is 0.480 e. The van der Waals surface area contributed by atoms with Crippen LogP contribution in [-0.2, 0) is 38.4 Å². The summed E-state index contributed by atoms with van der Waals surface area (Å²) in [6.45, 7) is 20.7. The van der Waals surface area contributed by atoms with Crippen LogP contribution >= 0.6 is 0 Å². The summed E-state index contributed by atoms with van der Waals surface area (Å²) in [6.07, 6.45) is 1.41. The Labute approximate surface area is 361 Å². The van der Waals surface area contributed by atoms with Crippen LogP contribution in [0.25, 0.3) is 0 Å². The van der Waals surface area contributed by atoms with E-state index in [-0.39, 0.29) is 49.5 Å². The predicted molar refractivity (Wildman–Crippen MR) is 233 cm³/mol. The van der Waals surface area contributed by atoms with Gasteiger partial charge < -0.3 is 59.5 Å². The molecule has 61 heavy (non-hydrogen) atoms. The van der Waals surface area contributed by atoms with Gasteiger partial charge in [-0.1, -0.05) is 95.9 Å². The van der Waals surface area contributed by atoms with E-state index in [2.05, 4.69) is 42.2 Å². The number of nitrogens with two attached hydrogens (primary N) is 3. The Morgan fingerprint density at radius 3 is 1.41 bits per heavy atom. The standard InChI is InChI=1S/C41H77N11O9/c1-13-24(11)32(38(58)50-31(23(9)10)37(57)48-27(40(60)61)18-20(3)4)51-34(54)26(16-15-17-45-41(43)44)47-28(53)19-46-36(56)30(22(7)8)49-39(59)33(25(12)14-2)52-35(55)29(42)21(5)6/h20-27,29-33H,13-19,42H2,1-12H3,(H,46,56)(H,47,53)(H,48,57)(H,49,59)(H,50,58)(H,51,54)(H,52,55)(H,60,61)(H4,43,44,45)/t24-,25-,26-,27-,29-,30-,31-,32-,33-/m0/s1. The molecule has 20 nitrogen and oxygen atoms in total. The molecule has 0 aliphatic carbocycles. The Morgan fingerprint density at radius 2 is 1.00 bits per heavy atom. The number of hydrogen-bond acceptors (Lipinski definition) is 10. The molecule has 0 aromatic heterocycles. The zero-order valence-corrected chi connectivity index (χ0v) is 38.3. The molecule has 0 heterocycles. The highest BCUT2D eigenvalue weighted by atomic mass is 16.4. The minimum atomic E-state index is -1.23. The summed E-state index contributed by atoms with van der Waals surface area (Å²) in [7, 11) is 0. The van der Waals surface area contributed by atoms with Crippen molar-refractivity contribution in [2.24, 2.45) is 57.7 Å². The van der Waals surface area contributed by atoms with Crippen LogP contribution < -0.4 is 54.4 Å². The summed E-state index contributed by atoms with van der Waals surface area (Å²) in [5.41, 5.74) is 16.9. The molecule has 0 unspecified atom stereocenters. The van der Waals surface area contributed by atoms with Crippen LogP contribution in [0.3, 0.4) is 0 Å². The average Bonchev–Trinajstić information content (AvgIpc) is 3.17. The normalized spacial score (nSPS) is 15.8. The SMILES string of the molecule is CC[C@H](C)[C@H](NC(=O)[C@H](CCCN=C(N)N)NC(=O)CNC(=O)[C@@H](NC(=O)[C@@H](NC(=O)[C@@H](N)C(C)C)[C@@H](C)CC)C(C)C)C(=O)N[C@H](C(=O)N[C@@H](CC(C)C)C(=O)O)C(C)C. The lowest BCUT2D eigenvalue weighted by Crippen LogP contribution is -2.61. The van der Waals surface area contributed by atoms with Gasteiger partial charge in [0.1, 0.15) is 36.3 Å². The van der Waals surface area contributed by atoms with Crippen LogP contribution in [0.4, 0.5) is 0 Å². The molecule has 350 valence electrons. The summed E-state index contributed by atoms with van der Waals surface area (Å²) in [5, 5.41) is 28.1. The van der Waals surface area contributed by atoms with E-state index in [4.69, 9.17) is 17.2 Å². The van der Waals surface area contributed by atoms with Crippen molar-refractivity contribution in [1.29, 1.82) is 0 Å². The van der Waals surface area contributed by atoms with Crippen molar-refractivity contribution in [3.63, 3.8) is 0 Å². The first-order valence-corrected chi connectivity index (χ1v) is 21.4. The molecular formula is C41H77N11O9. The van der Waals surface area contributed by atoms with Gasteiger partial charge in [-0.2, -0.15) is 0 Å². The molecule has 0 saturated heterocycles. The van der Waals surface area contributed by atoms with E-state index >= 15 is 0 Å². The highest BCUT2D eigenvalue weighted by molar-refractivity contribution is 5.97. The molecule has 0 radical (unpaired) electrons. The van der Waals surface area contributed by atoms with Crippen molar-refractivity contribution in [3.8, 4) is 0 Å². The zero-order chi connectivity index (χ0) is 47.3. The van der Waals surface area contributed by atoms with Crippen LogP contribution in [0, 0.1) is 35.5 Å². The number of aliphatic imine (C=N–C) groups is 1. The molecule has 0 spiro atoms. The van der Waals surface area contributed by atoms with Gasteiger partial charge in [0.05, 0.1) is 12.6 Å². The van der Waals surface area contributed by atoms with Crippen LogP contribution in [0.1, 0.15) is 115 Å². The predicted octanol–water partition coefficient (Wildman–Crippen LogP) is -0.417. The monoisotopic (exact) mass is 868 g/mol. The number of carboxylic acid groups (broad SMARTS) is 1. The van der Waals surface area contributed by atoms with Crippen molar-refractivity contribution in [2.75, 3.05) is 13.1 Å². The van der Waals surface area contributed by atoms with Gasteiger partial charge in [0, 0.05) is 6.54 Å². The Balaban J connectivity index is 6.18. The number of nitrogens with one attached hydrogen (secondary N) is 7. The number of rotatable bonds is 28. The molecule has 0 rings (SSSR count). The highest BCUT2D eigenvalue weighted by Crippen LogP contribution is 2.14. The quantitative estimate of drug-likeness (QED) is 0.0272. The number of aliphatic carboxylic acids is 1. The molecule has 0 aromatic carbocycles. The van der Waals surface area contributed by atoms with Crippen molar-refractivity contribution in [3.05, 3.63) is 0 Å². The third-order valence-corrected chi connectivity index (χ3v) is 10.4.